The minimum Gasteiger partial charge on any atom is -0.447 e. The first-order chi connectivity index (χ1) is 13.6. The molecule has 0 heterocycles. The number of rotatable bonds is 6. The van der Waals surface area contributed by atoms with E-state index in [-0.39, 0.29) is 5.75 Å². The monoisotopic (exact) mass is 398 g/mol. The Kier molecular flexibility index (Phi) is 6.71. The molecule has 0 unspecified atom stereocenters. The van der Waals surface area contributed by atoms with E-state index in [1.54, 1.807) is 30.3 Å². The van der Waals surface area contributed by atoms with Crippen LogP contribution in [-0.2, 0) is 27.2 Å². The number of esters is 1. The Balaban J connectivity index is 1.63. The zero-order valence-electron chi connectivity index (χ0n) is 15.6. The smallest absolute Gasteiger partial charge is 0.321 e. The van der Waals surface area contributed by atoms with Gasteiger partial charge in [-0.2, -0.15) is 0 Å². The molecule has 1 atom stereocenters. The molecule has 0 saturated heterocycles. The van der Waals surface area contributed by atoms with Crippen molar-refractivity contribution in [1.29, 1.82) is 0 Å². The first-order valence-electron chi connectivity index (χ1n) is 9.08. The summed E-state index contributed by atoms with van der Waals surface area (Å²) in [5.41, 5.74) is 3.22. The average molecular weight is 398 g/mol. The Labute approximate surface area is 168 Å². The third-order valence-corrected chi connectivity index (χ3v) is 5.45. The van der Waals surface area contributed by atoms with Crippen molar-refractivity contribution in [3.8, 4) is 0 Å². The number of aryl methyl sites for hydroxylation is 2. The van der Waals surface area contributed by atoms with Crippen LogP contribution in [0.2, 0.25) is 0 Å². The summed E-state index contributed by atoms with van der Waals surface area (Å²) in [7, 11) is 1.40. The summed E-state index contributed by atoms with van der Waals surface area (Å²) in [6.45, 7) is 0. The fourth-order valence-corrected chi connectivity index (χ4v) is 3.83. The highest BCUT2D eigenvalue weighted by Crippen LogP contribution is 2.28. The SMILES string of the molecule is CNC(=O)NC(=O)[C@H](OC(=O)CSc1ccc2c(c1)CCC2)c1ccccc1. The minimum atomic E-state index is -1.19. The van der Waals surface area contributed by atoms with Crippen molar-refractivity contribution in [3.63, 3.8) is 0 Å². The van der Waals surface area contributed by atoms with E-state index in [4.69, 9.17) is 4.74 Å². The predicted molar refractivity (Wildman–Crippen MR) is 107 cm³/mol. The van der Waals surface area contributed by atoms with Gasteiger partial charge in [-0.1, -0.05) is 36.4 Å². The van der Waals surface area contributed by atoms with Crippen LogP contribution in [0.5, 0.6) is 0 Å². The molecular weight excluding hydrogens is 376 g/mol. The van der Waals surface area contributed by atoms with Gasteiger partial charge in [0.15, 0.2) is 0 Å². The fourth-order valence-electron chi connectivity index (χ4n) is 3.09. The van der Waals surface area contributed by atoms with Gasteiger partial charge in [0, 0.05) is 17.5 Å². The minimum absolute atomic E-state index is 0.0787. The highest BCUT2D eigenvalue weighted by atomic mass is 32.2. The standard InChI is InChI=1S/C21H22N2O4S/c1-22-21(26)23-20(25)19(15-6-3-2-4-7-15)27-18(24)13-28-17-11-10-14-8-5-9-16(14)12-17/h2-4,6-7,10-12,19H,5,8-9,13H2,1H3,(H2,22,23,25,26)/t19-/m1/s1. The number of fused-ring (bicyclic) bond motifs is 1. The second-order valence-electron chi connectivity index (χ2n) is 6.42. The third-order valence-electron chi connectivity index (χ3n) is 4.48. The van der Waals surface area contributed by atoms with Gasteiger partial charge in [-0.3, -0.25) is 14.9 Å². The summed E-state index contributed by atoms with van der Waals surface area (Å²) < 4.78 is 5.41. The van der Waals surface area contributed by atoms with E-state index >= 15 is 0 Å². The first kappa shape index (κ1) is 19.9. The van der Waals surface area contributed by atoms with E-state index in [0.29, 0.717) is 5.56 Å². The number of imide groups is 1. The first-order valence-corrected chi connectivity index (χ1v) is 10.1. The topological polar surface area (TPSA) is 84.5 Å². The van der Waals surface area contributed by atoms with Crippen LogP contribution in [0.1, 0.15) is 29.2 Å². The lowest BCUT2D eigenvalue weighted by Crippen LogP contribution is -2.41. The Morgan fingerprint density at radius 2 is 1.82 bits per heavy atom. The lowest BCUT2D eigenvalue weighted by Gasteiger charge is -2.17. The highest BCUT2D eigenvalue weighted by Gasteiger charge is 2.26. The molecule has 2 N–H and O–H groups in total. The Morgan fingerprint density at radius 1 is 1.07 bits per heavy atom. The molecule has 3 amide bonds. The van der Waals surface area contributed by atoms with Gasteiger partial charge in [-0.05, 0) is 42.5 Å². The van der Waals surface area contributed by atoms with Gasteiger partial charge in [0.1, 0.15) is 0 Å². The van der Waals surface area contributed by atoms with Crippen LogP contribution in [-0.4, -0.2) is 30.7 Å². The maximum absolute atomic E-state index is 12.4. The van der Waals surface area contributed by atoms with Gasteiger partial charge in [-0.15, -0.1) is 11.8 Å². The van der Waals surface area contributed by atoms with Crippen molar-refractivity contribution in [1.82, 2.24) is 10.6 Å². The molecule has 0 spiro atoms. The van der Waals surface area contributed by atoms with Crippen LogP contribution in [0.25, 0.3) is 0 Å². The molecule has 1 aliphatic rings. The van der Waals surface area contributed by atoms with E-state index in [9.17, 15) is 14.4 Å². The zero-order valence-corrected chi connectivity index (χ0v) is 16.4. The number of urea groups is 1. The molecule has 0 aliphatic heterocycles. The van der Waals surface area contributed by atoms with Crippen LogP contribution in [0.3, 0.4) is 0 Å². The summed E-state index contributed by atoms with van der Waals surface area (Å²) in [6, 6.07) is 14.2. The lowest BCUT2D eigenvalue weighted by molar-refractivity contribution is -0.153. The number of hydrogen-bond donors (Lipinski definition) is 2. The Hall–Kier alpha value is -2.80. The third kappa shape index (κ3) is 5.13. The normalized spacial score (nSPS) is 13.3. The summed E-state index contributed by atoms with van der Waals surface area (Å²) in [5, 5.41) is 4.47. The molecule has 146 valence electrons. The molecule has 0 aromatic heterocycles. The summed E-state index contributed by atoms with van der Waals surface area (Å²) >= 11 is 1.38. The second-order valence-corrected chi connectivity index (χ2v) is 7.47. The van der Waals surface area contributed by atoms with Gasteiger partial charge < -0.3 is 10.1 Å². The number of benzene rings is 2. The molecule has 2 aromatic carbocycles. The van der Waals surface area contributed by atoms with Crippen molar-refractivity contribution < 1.29 is 19.1 Å². The largest absolute Gasteiger partial charge is 0.447 e. The molecule has 0 bridgehead atoms. The predicted octanol–water partition coefficient (Wildman–Crippen LogP) is 3.01. The number of nitrogens with one attached hydrogen (secondary N) is 2. The number of amides is 3. The molecule has 28 heavy (non-hydrogen) atoms. The summed E-state index contributed by atoms with van der Waals surface area (Å²) in [5.74, 6) is -1.14. The highest BCUT2D eigenvalue weighted by molar-refractivity contribution is 8.00. The zero-order chi connectivity index (χ0) is 19.9. The molecule has 7 heteroatoms. The quantitative estimate of drug-likeness (QED) is 0.577. The second kappa shape index (κ2) is 9.41. The molecule has 0 saturated carbocycles. The number of hydrogen-bond acceptors (Lipinski definition) is 5. The van der Waals surface area contributed by atoms with Gasteiger partial charge in [-0.25, -0.2) is 4.79 Å². The van der Waals surface area contributed by atoms with Crippen molar-refractivity contribution >= 4 is 29.7 Å². The Morgan fingerprint density at radius 3 is 2.57 bits per heavy atom. The van der Waals surface area contributed by atoms with Crippen LogP contribution in [0.15, 0.2) is 53.4 Å². The molecule has 1 aliphatic carbocycles. The maximum Gasteiger partial charge on any atom is 0.321 e. The van der Waals surface area contributed by atoms with Crippen molar-refractivity contribution in [2.45, 2.75) is 30.3 Å². The molecule has 3 rings (SSSR count). The van der Waals surface area contributed by atoms with E-state index < -0.39 is 24.0 Å². The van der Waals surface area contributed by atoms with E-state index in [2.05, 4.69) is 22.8 Å². The summed E-state index contributed by atoms with van der Waals surface area (Å²) in [6.07, 6.45) is 2.17. The van der Waals surface area contributed by atoms with Crippen LogP contribution in [0, 0.1) is 0 Å². The van der Waals surface area contributed by atoms with Crippen molar-refractivity contribution in [2.24, 2.45) is 0 Å². The fraction of sp³-hybridized carbons (Fsp3) is 0.286. The Bertz CT molecular complexity index is 870. The van der Waals surface area contributed by atoms with Gasteiger partial charge in [0.2, 0.25) is 6.10 Å². The van der Waals surface area contributed by atoms with Gasteiger partial charge >= 0.3 is 12.0 Å². The molecule has 0 fully saturated rings. The lowest BCUT2D eigenvalue weighted by atomic mass is 10.1. The van der Waals surface area contributed by atoms with E-state index in [1.807, 2.05) is 6.07 Å². The van der Waals surface area contributed by atoms with Gasteiger partial charge in [0.05, 0.1) is 5.75 Å². The molecule has 2 aromatic rings. The number of ether oxygens (including phenoxy) is 1. The van der Waals surface area contributed by atoms with Crippen molar-refractivity contribution in [3.05, 3.63) is 65.2 Å². The molecule has 0 radical (unpaired) electrons. The molecule has 6 nitrogen and oxygen atoms in total. The number of carbonyl (C=O) groups is 3. The van der Waals surface area contributed by atoms with E-state index in [0.717, 1.165) is 17.7 Å². The number of carbonyl (C=O) groups excluding carboxylic acids is 3. The average Bonchev–Trinajstić information content (AvgIpc) is 3.18. The maximum atomic E-state index is 12.4. The van der Waals surface area contributed by atoms with Gasteiger partial charge in [0.25, 0.3) is 5.91 Å². The molecular formula is C21H22N2O4S. The van der Waals surface area contributed by atoms with Crippen LogP contribution < -0.4 is 10.6 Å². The summed E-state index contributed by atoms with van der Waals surface area (Å²) in [4.78, 5) is 37.2. The van der Waals surface area contributed by atoms with Crippen LogP contribution >= 0.6 is 11.8 Å². The van der Waals surface area contributed by atoms with Crippen molar-refractivity contribution in [2.75, 3.05) is 12.8 Å². The van der Waals surface area contributed by atoms with Crippen LogP contribution in [0.4, 0.5) is 4.79 Å². The van der Waals surface area contributed by atoms with E-state index in [1.165, 1.54) is 36.4 Å². The number of thioether (sulfide) groups is 1.